The Hall–Kier alpha value is -2.58. The summed E-state index contributed by atoms with van der Waals surface area (Å²) < 4.78 is 58.1. The predicted octanol–water partition coefficient (Wildman–Crippen LogP) is 6.49. The Morgan fingerprint density at radius 3 is 2.45 bits per heavy atom. The minimum absolute atomic E-state index is 0.133. The zero-order valence-electron chi connectivity index (χ0n) is 14.8. The number of hydrogen-bond acceptors (Lipinski definition) is 2. The van der Waals surface area contributed by atoms with Crippen LogP contribution in [0.15, 0.2) is 65.3 Å². The largest absolute Gasteiger partial charge is 0.467 e. The minimum Gasteiger partial charge on any atom is -0.467 e. The van der Waals surface area contributed by atoms with Crippen molar-refractivity contribution >= 4 is 34.6 Å². The first kappa shape index (κ1) is 21.1. The first-order valence-electron chi connectivity index (χ1n) is 8.42. The van der Waals surface area contributed by atoms with E-state index in [1.165, 1.54) is 18.4 Å². The van der Waals surface area contributed by atoms with Crippen molar-refractivity contribution in [2.75, 3.05) is 5.32 Å². The summed E-state index contributed by atoms with van der Waals surface area (Å²) in [5, 5.41) is 2.59. The van der Waals surface area contributed by atoms with Gasteiger partial charge in [-0.3, -0.25) is 0 Å². The van der Waals surface area contributed by atoms with Gasteiger partial charge >= 0.3 is 6.18 Å². The Balaban J connectivity index is 1.81. The summed E-state index contributed by atoms with van der Waals surface area (Å²) in [5.41, 5.74) is -0.242. The molecule has 0 bridgehead atoms. The van der Waals surface area contributed by atoms with Gasteiger partial charge in [0.2, 0.25) is 0 Å². The summed E-state index contributed by atoms with van der Waals surface area (Å²) >= 11 is 11.2. The molecule has 0 aliphatic heterocycles. The number of hydrogen-bond donors (Lipinski definition) is 1. The fourth-order valence-corrected chi connectivity index (χ4v) is 3.18. The number of furan rings is 1. The molecule has 3 rings (SSSR count). The number of benzene rings is 2. The summed E-state index contributed by atoms with van der Waals surface area (Å²) in [6, 6.07) is 13.0. The molecular formula is C20H15ClF4N2OS. The van der Waals surface area contributed by atoms with Gasteiger partial charge in [-0.05, 0) is 48.6 Å². The molecule has 0 unspecified atom stereocenters. The lowest BCUT2D eigenvalue weighted by Gasteiger charge is -2.25. The molecule has 1 aromatic heterocycles. The highest BCUT2D eigenvalue weighted by atomic mass is 35.5. The van der Waals surface area contributed by atoms with E-state index in [0.29, 0.717) is 11.3 Å². The number of thiocarbonyl (C=S) groups is 1. The summed E-state index contributed by atoms with van der Waals surface area (Å²) in [6.07, 6.45) is -3.05. The Kier molecular flexibility index (Phi) is 6.44. The van der Waals surface area contributed by atoms with E-state index >= 15 is 0 Å². The van der Waals surface area contributed by atoms with E-state index in [0.717, 1.165) is 12.1 Å². The van der Waals surface area contributed by atoms with Crippen molar-refractivity contribution in [3.63, 3.8) is 0 Å². The fourth-order valence-electron chi connectivity index (χ4n) is 2.65. The molecule has 1 heterocycles. The molecule has 0 fully saturated rings. The molecule has 0 amide bonds. The summed E-state index contributed by atoms with van der Waals surface area (Å²) in [4.78, 5) is 1.64. The number of rotatable bonds is 5. The smallest absolute Gasteiger partial charge is 0.417 e. The number of halogens is 5. The van der Waals surface area contributed by atoms with E-state index in [1.54, 1.807) is 35.2 Å². The van der Waals surface area contributed by atoms with Crippen LogP contribution >= 0.6 is 23.8 Å². The second-order valence-corrected chi connectivity index (χ2v) is 6.94. The molecule has 0 atom stereocenters. The summed E-state index contributed by atoms with van der Waals surface area (Å²) in [7, 11) is 0. The highest BCUT2D eigenvalue weighted by Gasteiger charge is 2.33. The van der Waals surface area contributed by atoms with Gasteiger partial charge in [0, 0.05) is 17.8 Å². The van der Waals surface area contributed by atoms with Gasteiger partial charge in [-0.25, -0.2) is 4.39 Å². The third-order valence-electron chi connectivity index (χ3n) is 4.06. The average Bonchev–Trinajstić information content (AvgIpc) is 3.15. The van der Waals surface area contributed by atoms with Gasteiger partial charge in [-0.15, -0.1) is 0 Å². The quantitative estimate of drug-likeness (QED) is 0.361. The Bertz CT molecular complexity index is 992. The molecule has 0 aliphatic carbocycles. The first-order valence-corrected chi connectivity index (χ1v) is 9.21. The molecule has 0 spiro atoms. The lowest BCUT2D eigenvalue weighted by molar-refractivity contribution is -0.137. The molecular weight excluding hydrogens is 428 g/mol. The standard InChI is InChI=1S/C20H15ClF4N2OS/c21-17-10-14(7-8-16(17)20(23,24)25)26-19(29)27(12-15-5-3-9-28-15)11-13-4-1-2-6-18(13)22/h1-10H,11-12H2,(H,26,29). The number of alkyl halides is 3. The molecule has 3 nitrogen and oxygen atoms in total. The summed E-state index contributed by atoms with van der Waals surface area (Å²) in [6.45, 7) is 0.370. The maximum Gasteiger partial charge on any atom is 0.417 e. The summed E-state index contributed by atoms with van der Waals surface area (Å²) in [5.74, 6) is 0.202. The number of nitrogens with one attached hydrogen (secondary N) is 1. The second kappa shape index (κ2) is 8.84. The first-order chi connectivity index (χ1) is 13.7. The van der Waals surface area contributed by atoms with E-state index in [2.05, 4.69) is 5.32 Å². The molecule has 0 saturated heterocycles. The lowest BCUT2D eigenvalue weighted by Crippen LogP contribution is -2.34. The Labute approximate surface area is 174 Å². The molecule has 3 aromatic rings. The van der Waals surface area contributed by atoms with E-state index in [-0.39, 0.29) is 23.9 Å². The lowest BCUT2D eigenvalue weighted by atomic mass is 10.2. The van der Waals surface area contributed by atoms with E-state index in [4.69, 9.17) is 28.2 Å². The van der Waals surface area contributed by atoms with Crippen molar-refractivity contribution < 1.29 is 22.0 Å². The van der Waals surface area contributed by atoms with Crippen molar-refractivity contribution in [2.45, 2.75) is 19.3 Å². The molecule has 1 N–H and O–H groups in total. The highest BCUT2D eigenvalue weighted by Crippen LogP contribution is 2.35. The van der Waals surface area contributed by atoms with Crippen LogP contribution in [0.3, 0.4) is 0 Å². The van der Waals surface area contributed by atoms with Crippen LogP contribution in [0.5, 0.6) is 0 Å². The van der Waals surface area contributed by atoms with Crippen LogP contribution in [0.2, 0.25) is 5.02 Å². The van der Waals surface area contributed by atoms with Crippen molar-refractivity contribution in [1.82, 2.24) is 4.90 Å². The topological polar surface area (TPSA) is 28.4 Å². The van der Waals surface area contributed by atoms with Gasteiger partial charge in [0.05, 0.1) is 23.4 Å². The van der Waals surface area contributed by atoms with Gasteiger partial charge in [0.15, 0.2) is 5.11 Å². The number of nitrogens with zero attached hydrogens (tertiary/aromatic N) is 1. The van der Waals surface area contributed by atoms with Gasteiger partial charge in [0.1, 0.15) is 11.6 Å². The third kappa shape index (κ3) is 5.48. The molecule has 2 aromatic carbocycles. The van der Waals surface area contributed by atoms with Crippen molar-refractivity contribution in [3.8, 4) is 0 Å². The van der Waals surface area contributed by atoms with Crippen LogP contribution in [-0.2, 0) is 19.3 Å². The molecule has 0 aliphatic rings. The SMILES string of the molecule is Fc1ccccc1CN(Cc1ccco1)C(=S)Nc1ccc(C(F)(F)F)c(Cl)c1. The van der Waals surface area contributed by atoms with E-state index in [1.807, 2.05) is 0 Å². The van der Waals surface area contributed by atoms with Crippen LogP contribution in [0.1, 0.15) is 16.9 Å². The van der Waals surface area contributed by atoms with Gasteiger partial charge < -0.3 is 14.6 Å². The normalized spacial score (nSPS) is 11.3. The second-order valence-electron chi connectivity index (χ2n) is 6.15. The maximum atomic E-state index is 14.1. The van der Waals surface area contributed by atoms with E-state index < -0.39 is 22.6 Å². The Morgan fingerprint density at radius 1 is 1.07 bits per heavy atom. The fraction of sp³-hybridized carbons (Fsp3) is 0.150. The Morgan fingerprint density at radius 2 is 1.83 bits per heavy atom. The van der Waals surface area contributed by atoms with Crippen LogP contribution in [0.4, 0.5) is 23.2 Å². The van der Waals surface area contributed by atoms with Crippen molar-refractivity contribution in [2.24, 2.45) is 0 Å². The van der Waals surface area contributed by atoms with Crippen molar-refractivity contribution in [1.29, 1.82) is 0 Å². The van der Waals surface area contributed by atoms with E-state index in [9.17, 15) is 17.6 Å². The van der Waals surface area contributed by atoms with Crippen LogP contribution in [0.25, 0.3) is 0 Å². The maximum absolute atomic E-state index is 14.1. The third-order valence-corrected chi connectivity index (χ3v) is 4.73. The molecule has 0 radical (unpaired) electrons. The zero-order chi connectivity index (χ0) is 21.0. The van der Waals surface area contributed by atoms with Crippen LogP contribution < -0.4 is 5.32 Å². The molecule has 29 heavy (non-hydrogen) atoms. The van der Waals surface area contributed by atoms with Crippen LogP contribution in [-0.4, -0.2) is 10.0 Å². The predicted molar refractivity (Wildman–Crippen MR) is 107 cm³/mol. The molecule has 9 heteroatoms. The van der Waals surface area contributed by atoms with Gasteiger partial charge in [-0.1, -0.05) is 29.8 Å². The monoisotopic (exact) mass is 442 g/mol. The molecule has 0 saturated carbocycles. The highest BCUT2D eigenvalue weighted by molar-refractivity contribution is 7.80. The average molecular weight is 443 g/mol. The van der Waals surface area contributed by atoms with Gasteiger partial charge in [-0.2, -0.15) is 13.2 Å². The van der Waals surface area contributed by atoms with Crippen molar-refractivity contribution in [3.05, 3.63) is 88.6 Å². The number of anilines is 1. The van der Waals surface area contributed by atoms with Gasteiger partial charge in [0.25, 0.3) is 0 Å². The molecule has 152 valence electrons. The van der Waals surface area contributed by atoms with Crippen LogP contribution in [0, 0.1) is 5.82 Å². The minimum atomic E-state index is -4.55. The zero-order valence-corrected chi connectivity index (χ0v) is 16.4.